The Morgan fingerprint density at radius 2 is 1.58 bits per heavy atom. The Morgan fingerprint density at radius 1 is 1.00 bits per heavy atom. The summed E-state index contributed by atoms with van der Waals surface area (Å²) >= 11 is 0. The van der Waals surface area contributed by atoms with Crippen molar-refractivity contribution in [1.82, 2.24) is 0 Å². The molecule has 2 nitrogen and oxygen atoms in total. The van der Waals surface area contributed by atoms with Gasteiger partial charge >= 0.3 is 0 Å². The van der Waals surface area contributed by atoms with Gasteiger partial charge < -0.3 is 10.2 Å². The van der Waals surface area contributed by atoms with E-state index < -0.39 is 46.4 Å². The molecule has 0 fully saturated rings. The van der Waals surface area contributed by atoms with Gasteiger partial charge in [-0.1, -0.05) is 18.2 Å². The first-order chi connectivity index (χ1) is 8.81. The molecule has 2 rings (SSSR count). The van der Waals surface area contributed by atoms with E-state index in [1.54, 1.807) is 0 Å². The molecule has 1 aromatic carbocycles. The SMILES string of the molecule is OC1=C(F)C(F)=C(F)C(O)(c2ccccc2F)C1F. The van der Waals surface area contributed by atoms with Crippen LogP contribution in [0.5, 0.6) is 0 Å². The van der Waals surface area contributed by atoms with Crippen molar-refractivity contribution in [2.24, 2.45) is 0 Å². The average molecular weight is 278 g/mol. The molecule has 0 aliphatic heterocycles. The van der Waals surface area contributed by atoms with Gasteiger partial charge in [-0.25, -0.2) is 17.6 Å². The fraction of sp³-hybridized carbons (Fsp3) is 0.167. The molecule has 7 heteroatoms. The molecule has 2 N–H and O–H groups in total. The summed E-state index contributed by atoms with van der Waals surface area (Å²) in [6.07, 6.45) is -3.07. The molecule has 1 aliphatic rings. The monoisotopic (exact) mass is 278 g/mol. The van der Waals surface area contributed by atoms with E-state index in [1.165, 1.54) is 6.07 Å². The summed E-state index contributed by atoms with van der Waals surface area (Å²) < 4.78 is 67.0. The minimum absolute atomic E-state index is 0.775. The number of rotatable bonds is 1. The van der Waals surface area contributed by atoms with E-state index in [4.69, 9.17) is 5.11 Å². The summed E-state index contributed by atoms with van der Waals surface area (Å²) in [4.78, 5) is 0. The fourth-order valence-electron chi connectivity index (χ4n) is 1.82. The number of hydrogen-bond acceptors (Lipinski definition) is 2. The zero-order valence-electron chi connectivity index (χ0n) is 9.17. The number of aliphatic hydroxyl groups excluding tert-OH is 1. The molecule has 0 aromatic heterocycles. The third kappa shape index (κ3) is 1.73. The quantitative estimate of drug-likeness (QED) is 0.774. The molecule has 1 aromatic rings. The number of halogens is 5. The van der Waals surface area contributed by atoms with E-state index in [1.807, 2.05) is 0 Å². The number of benzene rings is 1. The zero-order chi connectivity index (χ0) is 14.4. The highest BCUT2D eigenvalue weighted by molar-refractivity contribution is 5.44. The van der Waals surface area contributed by atoms with Crippen molar-refractivity contribution in [2.45, 2.75) is 11.8 Å². The van der Waals surface area contributed by atoms with Gasteiger partial charge in [-0.05, 0) is 6.07 Å². The summed E-state index contributed by atoms with van der Waals surface area (Å²) in [7, 11) is 0. The number of alkyl halides is 1. The molecule has 2 unspecified atom stereocenters. The van der Waals surface area contributed by atoms with Crippen LogP contribution >= 0.6 is 0 Å². The van der Waals surface area contributed by atoms with Gasteiger partial charge in [-0.3, -0.25) is 0 Å². The summed E-state index contributed by atoms with van der Waals surface area (Å²) in [5.41, 5.74) is -4.40. The summed E-state index contributed by atoms with van der Waals surface area (Å²) in [5, 5.41) is 18.9. The van der Waals surface area contributed by atoms with Crippen molar-refractivity contribution in [3.8, 4) is 0 Å². The molecule has 0 heterocycles. The first-order valence-corrected chi connectivity index (χ1v) is 5.08. The minimum Gasteiger partial charge on any atom is -0.506 e. The van der Waals surface area contributed by atoms with E-state index in [0.29, 0.717) is 0 Å². The van der Waals surface area contributed by atoms with Crippen molar-refractivity contribution in [3.63, 3.8) is 0 Å². The normalized spacial score (nSPS) is 28.0. The van der Waals surface area contributed by atoms with Crippen LogP contribution in [0.2, 0.25) is 0 Å². The highest BCUT2D eigenvalue weighted by Gasteiger charge is 2.54. The van der Waals surface area contributed by atoms with Gasteiger partial charge in [0.2, 0.25) is 5.83 Å². The Labute approximate surface area is 104 Å². The van der Waals surface area contributed by atoms with Crippen LogP contribution in [-0.2, 0) is 5.60 Å². The highest BCUT2D eigenvalue weighted by atomic mass is 19.2. The van der Waals surface area contributed by atoms with Crippen LogP contribution in [0, 0.1) is 5.82 Å². The summed E-state index contributed by atoms with van der Waals surface area (Å²) in [5.74, 6) is -9.72. The van der Waals surface area contributed by atoms with Crippen LogP contribution < -0.4 is 0 Å². The van der Waals surface area contributed by atoms with Gasteiger partial charge in [-0.15, -0.1) is 0 Å². The first kappa shape index (κ1) is 13.5. The van der Waals surface area contributed by atoms with Gasteiger partial charge in [-0.2, -0.15) is 4.39 Å². The van der Waals surface area contributed by atoms with Crippen molar-refractivity contribution >= 4 is 0 Å². The first-order valence-electron chi connectivity index (χ1n) is 5.08. The lowest BCUT2D eigenvalue weighted by molar-refractivity contribution is -0.0371. The molecule has 2 atom stereocenters. The Hall–Kier alpha value is -1.89. The molecule has 1 aliphatic carbocycles. The molecular formula is C12H7F5O2. The van der Waals surface area contributed by atoms with E-state index in [0.717, 1.165) is 18.2 Å². The predicted octanol–water partition coefficient (Wildman–Crippen LogP) is 3.25. The summed E-state index contributed by atoms with van der Waals surface area (Å²) in [6.45, 7) is 0. The second-order valence-electron chi connectivity index (χ2n) is 3.94. The van der Waals surface area contributed by atoms with E-state index in [-0.39, 0.29) is 0 Å². The Kier molecular flexibility index (Phi) is 3.09. The maximum atomic E-state index is 13.8. The lowest BCUT2D eigenvalue weighted by atomic mass is 9.83. The van der Waals surface area contributed by atoms with E-state index in [9.17, 15) is 27.1 Å². The van der Waals surface area contributed by atoms with Gasteiger partial charge in [0, 0.05) is 5.56 Å². The molecule has 0 spiro atoms. The standard InChI is InChI=1S/C12H7F5O2/c13-6-4-2-1-3-5(6)12(19)10(16)8(15)7(14)9(18)11(12)17/h1-4,11,18-19H. The Balaban J connectivity index is 2.72. The van der Waals surface area contributed by atoms with Crippen molar-refractivity contribution < 1.29 is 32.2 Å². The lowest BCUT2D eigenvalue weighted by Crippen LogP contribution is -2.42. The number of hydrogen-bond donors (Lipinski definition) is 2. The molecule has 0 bridgehead atoms. The van der Waals surface area contributed by atoms with Gasteiger partial charge in [0.1, 0.15) is 5.82 Å². The van der Waals surface area contributed by atoms with Crippen LogP contribution in [-0.4, -0.2) is 16.4 Å². The van der Waals surface area contributed by atoms with Crippen LogP contribution in [0.4, 0.5) is 22.0 Å². The average Bonchev–Trinajstić information content (AvgIpc) is 2.41. The Bertz CT molecular complexity index is 596. The lowest BCUT2D eigenvalue weighted by Gasteiger charge is -2.33. The van der Waals surface area contributed by atoms with Gasteiger partial charge in [0.05, 0.1) is 0 Å². The van der Waals surface area contributed by atoms with E-state index >= 15 is 0 Å². The molecule has 0 saturated heterocycles. The maximum Gasteiger partial charge on any atom is 0.202 e. The van der Waals surface area contributed by atoms with Crippen LogP contribution in [0.1, 0.15) is 5.56 Å². The highest BCUT2D eigenvalue weighted by Crippen LogP contribution is 2.46. The number of allylic oxidation sites excluding steroid dienone is 2. The second-order valence-corrected chi connectivity index (χ2v) is 3.94. The van der Waals surface area contributed by atoms with Crippen LogP contribution in [0.15, 0.2) is 47.5 Å². The van der Waals surface area contributed by atoms with E-state index in [2.05, 4.69) is 0 Å². The van der Waals surface area contributed by atoms with Crippen molar-refractivity contribution in [3.05, 3.63) is 58.9 Å². The zero-order valence-corrected chi connectivity index (χ0v) is 9.17. The second kappa shape index (κ2) is 4.34. The maximum absolute atomic E-state index is 13.8. The smallest absolute Gasteiger partial charge is 0.202 e. The molecule has 0 saturated carbocycles. The molecule has 19 heavy (non-hydrogen) atoms. The van der Waals surface area contributed by atoms with Crippen molar-refractivity contribution in [2.75, 3.05) is 0 Å². The van der Waals surface area contributed by atoms with Gasteiger partial charge in [0.25, 0.3) is 0 Å². The van der Waals surface area contributed by atoms with Crippen LogP contribution in [0.25, 0.3) is 0 Å². The molecule has 0 radical (unpaired) electrons. The third-order valence-electron chi connectivity index (χ3n) is 2.84. The molecular weight excluding hydrogens is 271 g/mol. The molecule has 102 valence electrons. The summed E-state index contributed by atoms with van der Waals surface area (Å²) in [6, 6.07) is 3.88. The fourth-order valence-corrected chi connectivity index (χ4v) is 1.82. The van der Waals surface area contributed by atoms with Crippen LogP contribution in [0.3, 0.4) is 0 Å². The predicted molar refractivity (Wildman–Crippen MR) is 55.2 cm³/mol. The third-order valence-corrected chi connectivity index (χ3v) is 2.84. The Morgan fingerprint density at radius 3 is 2.16 bits per heavy atom. The largest absolute Gasteiger partial charge is 0.506 e. The van der Waals surface area contributed by atoms with Gasteiger partial charge in [0.15, 0.2) is 29.2 Å². The van der Waals surface area contributed by atoms with Crippen molar-refractivity contribution in [1.29, 1.82) is 0 Å². The topological polar surface area (TPSA) is 40.5 Å². The molecule has 0 amide bonds. The number of aliphatic hydroxyl groups is 2. The minimum atomic E-state index is -3.45.